The summed E-state index contributed by atoms with van der Waals surface area (Å²) in [5, 5.41) is 2.25. The molecule has 5 heteroatoms. The third kappa shape index (κ3) is 5.22. The van der Waals surface area contributed by atoms with Gasteiger partial charge in [0.25, 0.3) is 8.32 Å². The van der Waals surface area contributed by atoms with Crippen LogP contribution in [-0.4, -0.2) is 39.2 Å². The Morgan fingerprint density at radius 1 is 1.12 bits per heavy atom. The lowest BCUT2D eigenvalue weighted by Gasteiger charge is -2.47. The van der Waals surface area contributed by atoms with Crippen LogP contribution in [0.5, 0.6) is 0 Å². The van der Waals surface area contributed by atoms with Crippen LogP contribution in [0.2, 0.25) is 5.04 Å². The van der Waals surface area contributed by atoms with Gasteiger partial charge in [-0.1, -0.05) is 101 Å². The van der Waals surface area contributed by atoms with Gasteiger partial charge >= 0.3 is 0 Å². The fraction of sp³-hybridized carbons (Fsp3) is 0.464. The fourth-order valence-electron chi connectivity index (χ4n) is 4.67. The third-order valence-corrected chi connectivity index (χ3v) is 11.5. The largest absolute Gasteiger partial charge is 0.399 e. The van der Waals surface area contributed by atoms with Gasteiger partial charge in [0.1, 0.15) is 12.2 Å². The van der Waals surface area contributed by atoms with E-state index in [0.29, 0.717) is 13.0 Å². The Morgan fingerprint density at radius 2 is 1.64 bits per heavy atom. The van der Waals surface area contributed by atoms with Crippen LogP contribution in [0.1, 0.15) is 48.0 Å². The van der Waals surface area contributed by atoms with Crippen LogP contribution in [0.15, 0.2) is 73.3 Å². The van der Waals surface area contributed by atoms with Crippen molar-refractivity contribution in [3.63, 3.8) is 0 Å². The van der Waals surface area contributed by atoms with Gasteiger partial charge in [0.15, 0.2) is 12.1 Å². The highest BCUT2D eigenvalue weighted by Gasteiger charge is 2.56. The van der Waals surface area contributed by atoms with Gasteiger partial charge in [-0.15, -0.1) is 6.58 Å². The van der Waals surface area contributed by atoms with E-state index in [4.69, 9.17) is 13.9 Å². The van der Waals surface area contributed by atoms with Crippen molar-refractivity contribution < 1.29 is 18.7 Å². The number of carbonyl (C=O) groups excluding carboxylic acids is 1. The standard InChI is InChI=1S/C28H38O4Si/c1-8-15-24(21(2)29)31-26-25(28(6,7)20-30-26)32-33(27(3,4)5,22-16-11-9-12-17-22)23-18-13-10-14-19-23/h8-14,16-19,24-26H,1,15,20H2,2-7H3/t24-,25-,26-/m1/s1. The topological polar surface area (TPSA) is 44.8 Å². The summed E-state index contributed by atoms with van der Waals surface area (Å²) in [4.78, 5) is 12.2. The number of ether oxygens (including phenoxy) is 2. The van der Waals surface area contributed by atoms with Crippen molar-refractivity contribution in [1.82, 2.24) is 0 Å². The molecule has 0 aromatic heterocycles. The predicted molar refractivity (Wildman–Crippen MR) is 136 cm³/mol. The van der Waals surface area contributed by atoms with E-state index in [1.165, 1.54) is 10.4 Å². The van der Waals surface area contributed by atoms with Crippen LogP contribution >= 0.6 is 0 Å². The lowest BCUT2D eigenvalue weighted by Crippen LogP contribution is -2.69. The molecule has 0 unspecified atom stereocenters. The van der Waals surface area contributed by atoms with Crippen molar-refractivity contribution in [3.05, 3.63) is 73.3 Å². The molecule has 2 aromatic rings. The average molecular weight is 467 g/mol. The molecule has 3 rings (SSSR count). The van der Waals surface area contributed by atoms with Gasteiger partial charge in [0.05, 0.1) is 6.61 Å². The monoisotopic (exact) mass is 466 g/mol. The summed E-state index contributed by atoms with van der Waals surface area (Å²) in [5.41, 5.74) is -0.284. The van der Waals surface area contributed by atoms with Crippen LogP contribution < -0.4 is 10.4 Å². The Kier molecular flexibility index (Phi) is 7.79. The van der Waals surface area contributed by atoms with E-state index in [0.717, 1.165) is 0 Å². The Labute approximate surface area is 200 Å². The molecule has 1 heterocycles. The van der Waals surface area contributed by atoms with Crippen molar-refractivity contribution in [1.29, 1.82) is 0 Å². The summed E-state index contributed by atoms with van der Waals surface area (Å²) < 4.78 is 19.7. The number of Topliss-reactive ketones (excluding diaryl/α,β-unsaturated/α-hetero) is 1. The Hall–Kier alpha value is -2.05. The summed E-state index contributed by atoms with van der Waals surface area (Å²) in [6.45, 7) is 16.9. The second-order valence-electron chi connectivity index (χ2n) is 10.6. The highest BCUT2D eigenvalue weighted by atomic mass is 28.4. The molecule has 0 N–H and O–H groups in total. The molecule has 178 valence electrons. The maximum absolute atomic E-state index is 12.2. The van der Waals surface area contributed by atoms with E-state index in [9.17, 15) is 4.79 Å². The van der Waals surface area contributed by atoms with Gasteiger partial charge in [-0.2, -0.15) is 0 Å². The molecule has 0 saturated carbocycles. The number of carbonyl (C=O) groups is 1. The minimum absolute atomic E-state index is 0.0348. The predicted octanol–water partition coefficient (Wildman–Crippen LogP) is 4.86. The van der Waals surface area contributed by atoms with E-state index in [2.05, 4.69) is 89.7 Å². The summed E-state index contributed by atoms with van der Waals surface area (Å²) in [5.74, 6) is -0.0348. The molecule has 3 atom stereocenters. The molecule has 1 aliphatic heterocycles. The molecule has 1 fully saturated rings. The van der Waals surface area contributed by atoms with Crippen LogP contribution in [-0.2, 0) is 18.7 Å². The van der Waals surface area contributed by atoms with Crippen LogP contribution in [0.25, 0.3) is 0 Å². The van der Waals surface area contributed by atoms with E-state index in [1.54, 1.807) is 13.0 Å². The van der Waals surface area contributed by atoms with Gasteiger partial charge < -0.3 is 13.9 Å². The molecule has 0 spiro atoms. The maximum Gasteiger partial charge on any atom is 0.261 e. The van der Waals surface area contributed by atoms with Gasteiger partial charge in [-0.05, 0) is 28.8 Å². The zero-order chi connectivity index (χ0) is 24.3. The van der Waals surface area contributed by atoms with Crippen molar-refractivity contribution in [3.8, 4) is 0 Å². The van der Waals surface area contributed by atoms with Gasteiger partial charge in [0, 0.05) is 5.41 Å². The van der Waals surface area contributed by atoms with Crippen LogP contribution in [0, 0.1) is 5.41 Å². The number of benzene rings is 2. The first-order valence-electron chi connectivity index (χ1n) is 11.7. The molecule has 1 aliphatic rings. The van der Waals surface area contributed by atoms with Crippen LogP contribution in [0.3, 0.4) is 0 Å². The van der Waals surface area contributed by atoms with Crippen LogP contribution in [0.4, 0.5) is 0 Å². The Morgan fingerprint density at radius 3 is 2.06 bits per heavy atom. The molecule has 0 aliphatic carbocycles. The fourth-order valence-corrected chi connectivity index (χ4v) is 9.50. The maximum atomic E-state index is 12.2. The lowest BCUT2D eigenvalue weighted by molar-refractivity contribution is -0.180. The van der Waals surface area contributed by atoms with Gasteiger partial charge in [-0.25, -0.2) is 0 Å². The van der Waals surface area contributed by atoms with Gasteiger partial charge in [-0.3, -0.25) is 4.79 Å². The SMILES string of the molecule is C=CC[C@@H](O[C@H]1OCC(C)(C)[C@@H]1O[Si](c1ccccc1)(c1ccccc1)C(C)(C)C)C(C)=O. The van der Waals surface area contributed by atoms with E-state index in [1.807, 2.05) is 12.1 Å². The molecule has 0 amide bonds. The lowest BCUT2D eigenvalue weighted by atomic mass is 9.89. The normalized spacial score (nSPS) is 21.5. The second kappa shape index (κ2) is 10.1. The summed E-state index contributed by atoms with van der Waals surface area (Å²) in [6.07, 6.45) is 0.601. The molecular formula is C28H38O4Si. The minimum atomic E-state index is -2.81. The Bertz CT molecular complexity index is 894. The highest BCUT2D eigenvalue weighted by Crippen LogP contribution is 2.43. The zero-order valence-electron chi connectivity index (χ0n) is 20.8. The van der Waals surface area contributed by atoms with Crippen molar-refractivity contribution >= 4 is 24.5 Å². The number of hydrogen-bond acceptors (Lipinski definition) is 4. The Balaban J connectivity index is 2.12. The summed E-state index contributed by atoms with van der Waals surface area (Å²) in [6, 6.07) is 21.1. The van der Waals surface area contributed by atoms with Crippen molar-refractivity contribution in [2.45, 2.75) is 71.5 Å². The quantitative estimate of drug-likeness (QED) is 0.391. The zero-order valence-corrected chi connectivity index (χ0v) is 21.8. The number of hydrogen-bond donors (Lipinski definition) is 0. The second-order valence-corrected chi connectivity index (χ2v) is 14.9. The molecule has 33 heavy (non-hydrogen) atoms. The first kappa shape index (κ1) is 25.6. The highest BCUT2D eigenvalue weighted by molar-refractivity contribution is 6.99. The first-order chi connectivity index (χ1) is 15.5. The smallest absolute Gasteiger partial charge is 0.261 e. The third-order valence-electron chi connectivity index (χ3n) is 6.49. The number of rotatable bonds is 9. The van der Waals surface area contributed by atoms with Crippen molar-refractivity contribution in [2.24, 2.45) is 5.41 Å². The first-order valence-corrected chi connectivity index (χ1v) is 13.6. The van der Waals surface area contributed by atoms with Crippen molar-refractivity contribution in [2.75, 3.05) is 6.61 Å². The molecule has 2 aromatic carbocycles. The minimum Gasteiger partial charge on any atom is -0.399 e. The van der Waals surface area contributed by atoms with E-state index in [-0.39, 0.29) is 22.3 Å². The van der Waals surface area contributed by atoms with Gasteiger partial charge in [0.2, 0.25) is 0 Å². The molecule has 4 nitrogen and oxygen atoms in total. The summed E-state index contributed by atoms with van der Waals surface area (Å²) in [7, 11) is -2.81. The average Bonchev–Trinajstić information content (AvgIpc) is 3.05. The molecule has 1 saturated heterocycles. The number of ketones is 1. The molecule has 0 radical (unpaired) electrons. The molecule has 0 bridgehead atoms. The van der Waals surface area contributed by atoms with E-state index >= 15 is 0 Å². The van der Waals surface area contributed by atoms with E-state index < -0.39 is 20.7 Å². The summed E-state index contributed by atoms with van der Waals surface area (Å²) >= 11 is 0. The molecular weight excluding hydrogens is 428 g/mol.